The number of hydrogen-bond acceptors (Lipinski definition) is 3. The van der Waals surface area contributed by atoms with Gasteiger partial charge in [-0.3, -0.25) is 0 Å². The molecule has 0 fully saturated rings. The van der Waals surface area contributed by atoms with E-state index in [2.05, 4.69) is 35.0 Å². The first kappa shape index (κ1) is 18.2. The van der Waals surface area contributed by atoms with Gasteiger partial charge in [-0.1, -0.05) is 46.4 Å². The van der Waals surface area contributed by atoms with E-state index in [1.807, 2.05) is 39.0 Å². The zero-order valence-electron chi connectivity index (χ0n) is 14.1. The topological polar surface area (TPSA) is 59.6 Å². The number of pyridine rings is 1. The maximum absolute atomic E-state index is 6.05. The standard InChI is InChI=1S/C15H20N4S.C2H6/c1-5-7-11-10(6-2)13-12(14(16)17-11)18-15(20)19(13)8-9(3)4;1-2/h5-7,9H,2,8H2,1,3-4H3,(H2,16,17)(H,18,20);1-2H3/b7-5-;. The monoisotopic (exact) mass is 318 g/mol. The number of aromatic amines is 1. The van der Waals surface area contributed by atoms with Gasteiger partial charge in [0.1, 0.15) is 11.3 Å². The van der Waals surface area contributed by atoms with Crippen molar-refractivity contribution >= 4 is 41.2 Å². The number of hydrogen-bond donors (Lipinski definition) is 2. The molecule has 0 aliphatic rings. The Hall–Kier alpha value is -1.88. The van der Waals surface area contributed by atoms with Crippen molar-refractivity contribution in [3.05, 3.63) is 28.7 Å². The van der Waals surface area contributed by atoms with Crippen molar-refractivity contribution in [2.24, 2.45) is 5.92 Å². The smallest absolute Gasteiger partial charge is 0.178 e. The van der Waals surface area contributed by atoms with E-state index in [9.17, 15) is 0 Å². The molecule has 0 saturated carbocycles. The number of anilines is 1. The number of aromatic nitrogens is 3. The molecule has 3 N–H and O–H groups in total. The Kier molecular flexibility index (Phi) is 6.56. The van der Waals surface area contributed by atoms with Crippen molar-refractivity contribution < 1.29 is 0 Å². The summed E-state index contributed by atoms with van der Waals surface area (Å²) < 4.78 is 2.75. The number of rotatable bonds is 4. The number of nitrogens with two attached hydrogens (primary N) is 1. The maximum Gasteiger partial charge on any atom is 0.178 e. The Morgan fingerprint density at radius 1 is 1.41 bits per heavy atom. The van der Waals surface area contributed by atoms with E-state index in [-0.39, 0.29) is 0 Å². The van der Waals surface area contributed by atoms with E-state index in [0.29, 0.717) is 16.5 Å². The predicted octanol–water partition coefficient (Wildman–Crippen LogP) is 5.03. The lowest BCUT2D eigenvalue weighted by Crippen LogP contribution is -2.06. The highest BCUT2D eigenvalue weighted by Crippen LogP contribution is 2.28. The predicted molar refractivity (Wildman–Crippen MR) is 100 cm³/mol. The van der Waals surface area contributed by atoms with Crippen LogP contribution in [0.1, 0.15) is 45.9 Å². The molecule has 0 aliphatic carbocycles. The van der Waals surface area contributed by atoms with Gasteiger partial charge in [0.05, 0.1) is 11.2 Å². The summed E-state index contributed by atoms with van der Waals surface area (Å²) in [5.74, 6) is 0.949. The van der Waals surface area contributed by atoms with Gasteiger partial charge in [-0.05, 0) is 31.1 Å². The minimum atomic E-state index is 0.465. The van der Waals surface area contributed by atoms with Gasteiger partial charge in [0.25, 0.3) is 0 Å². The van der Waals surface area contributed by atoms with Gasteiger partial charge in [-0.25, -0.2) is 4.98 Å². The van der Waals surface area contributed by atoms with Crippen molar-refractivity contribution in [3.63, 3.8) is 0 Å². The molecule has 0 bridgehead atoms. The molecule has 2 rings (SSSR count). The first-order valence-corrected chi connectivity index (χ1v) is 8.07. The maximum atomic E-state index is 6.05. The summed E-state index contributed by atoms with van der Waals surface area (Å²) in [6.45, 7) is 15.0. The van der Waals surface area contributed by atoms with Crippen molar-refractivity contribution in [2.75, 3.05) is 5.73 Å². The number of allylic oxidation sites excluding steroid dienone is 1. The summed E-state index contributed by atoms with van der Waals surface area (Å²) in [5, 5.41) is 0. The molecule has 0 unspecified atom stereocenters. The first-order chi connectivity index (χ1) is 10.5. The van der Waals surface area contributed by atoms with Crippen LogP contribution in [0.25, 0.3) is 23.2 Å². The molecule has 2 aromatic heterocycles. The Bertz CT molecular complexity index is 735. The molecule has 4 nitrogen and oxygen atoms in total. The van der Waals surface area contributed by atoms with Crippen LogP contribution in [0.5, 0.6) is 0 Å². The highest BCUT2D eigenvalue weighted by molar-refractivity contribution is 7.71. The Balaban J connectivity index is 0.00000116. The molecular weight excluding hydrogens is 292 g/mol. The van der Waals surface area contributed by atoms with E-state index in [1.54, 1.807) is 0 Å². The molecule has 0 radical (unpaired) electrons. The minimum Gasteiger partial charge on any atom is -0.382 e. The average Bonchev–Trinajstić information content (AvgIpc) is 2.80. The molecule has 2 heterocycles. The lowest BCUT2D eigenvalue weighted by Gasteiger charge is -2.11. The van der Waals surface area contributed by atoms with Gasteiger partial charge in [0, 0.05) is 12.1 Å². The van der Waals surface area contributed by atoms with Crippen LogP contribution < -0.4 is 5.73 Å². The number of nitrogen functional groups attached to an aromatic ring is 1. The SMILES string of the molecule is C=Cc1c(/C=C\C)nc(N)c2[nH]c(=S)n(CC(C)C)c12.CC. The van der Waals surface area contributed by atoms with Crippen LogP contribution in [0.4, 0.5) is 5.82 Å². The second-order valence-corrected chi connectivity index (χ2v) is 5.54. The van der Waals surface area contributed by atoms with Crippen LogP contribution in [0.15, 0.2) is 12.7 Å². The zero-order chi connectivity index (χ0) is 16.9. The molecule has 120 valence electrons. The van der Waals surface area contributed by atoms with E-state index in [1.165, 1.54) is 0 Å². The number of H-pyrrole nitrogens is 1. The largest absolute Gasteiger partial charge is 0.382 e. The van der Waals surface area contributed by atoms with Gasteiger partial charge in [-0.2, -0.15) is 0 Å². The number of nitrogens with zero attached hydrogens (tertiary/aromatic N) is 2. The quantitative estimate of drug-likeness (QED) is 0.777. The van der Waals surface area contributed by atoms with E-state index in [0.717, 1.165) is 28.8 Å². The molecule has 0 saturated heterocycles. The Morgan fingerprint density at radius 3 is 2.55 bits per heavy atom. The minimum absolute atomic E-state index is 0.465. The van der Waals surface area contributed by atoms with Crippen LogP contribution >= 0.6 is 12.2 Å². The Morgan fingerprint density at radius 2 is 2.05 bits per heavy atom. The molecule has 5 heteroatoms. The van der Waals surface area contributed by atoms with Gasteiger partial charge in [-0.15, -0.1) is 0 Å². The number of fused-ring (bicyclic) bond motifs is 1. The normalized spacial score (nSPS) is 11.0. The fourth-order valence-corrected chi connectivity index (χ4v) is 2.60. The van der Waals surface area contributed by atoms with E-state index < -0.39 is 0 Å². The van der Waals surface area contributed by atoms with Crippen molar-refractivity contribution in [1.29, 1.82) is 0 Å². The average molecular weight is 318 g/mol. The highest BCUT2D eigenvalue weighted by Gasteiger charge is 2.15. The third kappa shape index (κ3) is 3.47. The third-order valence-electron chi connectivity index (χ3n) is 3.09. The fourth-order valence-electron chi connectivity index (χ4n) is 2.33. The molecule has 0 amide bonds. The zero-order valence-corrected chi connectivity index (χ0v) is 14.9. The fraction of sp³-hybridized carbons (Fsp3) is 0.412. The Labute approximate surface area is 137 Å². The third-order valence-corrected chi connectivity index (χ3v) is 3.41. The summed E-state index contributed by atoms with van der Waals surface area (Å²) >= 11 is 5.42. The van der Waals surface area contributed by atoms with Crippen LogP contribution in [-0.2, 0) is 6.54 Å². The van der Waals surface area contributed by atoms with Gasteiger partial charge >= 0.3 is 0 Å². The summed E-state index contributed by atoms with van der Waals surface area (Å²) in [5.41, 5.74) is 9.61. The van der Waals surface area contributed by atoms with Gasteiger partial charge < -0.3 is 15.3 Å². The molecule has 0 aromatic carbocycles. The lowest BCUT2D eigenvalue weighted by atomic mass is 10.1. The lowest BCUT2D eigenvalue weighted by molar-refractivity contribution is 0.528. The van der Waals surface area contributed by atoms with E-state index >= 15 is 0 Å². The van der Waals surface area contributed by atoms with E-state index in [4.69, 9.17) is 18.0 Å². The van der Waals surface area contributed by atoms with Crippen LogP contribution in [0.3, 0.4) is 0 Å². The second-order valence-electron chi connectivity index (χ2n) is 5.16. The molecule has 2 aromatic rings. The molecule has 22 heavy (non-hydrogen) atoms. The van der Waals surface area contributed by atoms with Crippen LogP contribution in [0, 0.1) is 10.7 Å². The van der Waals surface area contributed by atoms with Crippen molar-refractivity contribution in [1.82, 2.24) is 14.5 Å². The molecular formula is C17H26N4S. The number of nitrogens with one attached hydrogen (secondary N) is 1. The molecule has 0 aliphatic heterocycles. The first-order valence-electron chi connectivity index (χ1n) is 7.66. The number of imidazole rings is 1. The molecule has 0 spiro atoms. The summed E-state index contributed by atoms with van der Waals surface area (Å²) in [4.78, 5) is 7.59. The van der Waals surface area contributed by atoms with Gasteiger partial charge in [0.15, 0.2) is 4.77 Å². The molecule has 0 atom stereocenters. The second kappa shape index (κ2) is 7.94. The van der Waals surface area contributed by atoms with Crippen molar-refractivity contribution in [2.45, 2.75) is 41.2 Å². The summed E-state index contributed by atoms with van der Waals surface area (Å²) in [7, 11) is 0. The van der Waals surface area contributed by atoms with Crippen LogP contribution in [-0.4, -0.2) is 14.5 Å². The highest BCUT2D eigenvalue weighted by atomic mass is 32.1. The summed E-state index contributed by atoms with van der Waals surface area (Å²) in [6.07, 6.45) is 5.68. The van der Waals surface area contributed by atoms with Crippen molar-refractivity contribution in [3.8, 4) is 0 Å². The van der Waals surface area contributed by atoms with Crippen LogP contribution in [0.2, 0.25) is 0 Å². The van der Waals surface area contributed by atoms with Gasteiger partial charge in [0.2, 0.25) is 0 Å². The summed E-state index contributed by atoms with van der Waals surface area (Å²) in [6, 6.07) is 0.